The second-order valence-electron chi connectivity index (χ2n) is 4.13. The molecule has 0 aliphatic heterocycles. The Kier molecular flexibility index (Phi) is 3.37. The minimum absolute atomic E-state index is 0.0308. The van der Waals surface area contributed by atoms with Crippen LogP contribution in [0, 0.1) is 0 Å². The Morgan fingerprint density at radius 2 is 2.05 bits per heavy atom. The predicted octanol–water partition coefficient (Wildman–Crippen LogP) is 2.49. The lowest BCUT2D eigenvalue weighted by Crippen LogP contribution is -2.16. The molecule has 0 saturated carbocycles. The molecule has 0 aliphatic carbocycles. The van der Waals surface area contributed by atoms with Crippen LogP contribution in [0.2, 0.25) is 5.15 Å². The molecule has 0 radical (unpaired) electrons. The van der Waals surface area contributed by atoms with Crippen molar-refractivity contribution in [2.24, 2.45) is 0 Å². The van der Waals surface area contributed by atoms with E-state index >= 15 is 0 Å². The van der Waals surface area contributed by atoms with Crippen LogP contribution in [0.1, 0.15) is 10.6 Å². The molecule has 0 unspecified atom stereocenters. The quantitative estimate of drug-likeness (QED) is 0.735. The fourth-order valence-corrected chi connectivity index (χ4v) is 1.91. The SMILES string of the molecule is O=C(Nc1nccc(Cl)n1)c1cc(=O)c2ccccc2o1. The molecule has 1 aromatic carbocycles. The number of nitrogens with one attached hydrogen (secondary N) is 1. The number of para-hydroxylation sites is 1. The summed E-state index contributed by atoms with van der Waals surface area (Å²) in [7, 11) is 0. The molecule has 2 heterocycles. The number of carbonyl (C=O) groups excluding carboxylic acids is 1. The van der Waals surface area contributed by atoms with Gasteiger partial charge in [0.15, 0.2) is 11.2 Å². The van der Waals surface area contributed by atoms with E-state index in [9.17, 15) is 9.59 Å². The van der Waals surface area contributed by atoms with Gasteiger partial charge >= 0.3 is 0 Å². The molecule has 104 valence electrons. The van der Waals surface area contributed by atoms with Crippen molar-refractivity contribution in [2.45, 2.75) is 0 Å². The summed E-state index contributed by atoms with van der Waals surface area (Å²) in [6.45, 7) is 0. The number of amides is 1. The molecular weight excluding hydrogens is 294 g/mol. The number of benzene rings is 1. The van der Waals surface area contributed by atoms with E-state index in [-0.39, 0.29) is 22.3 Å². The van der Waals surface area contributed by atoms with Crippen LogP contribution in [-0.4, -0.2) is 15.9 Å². The molecule has 0 aliphatic rings. The highest BCUT2D eigenvalue weighted by Gasteiger charge is 2.13. The Morgan fingerprint density at radius 3 is 2.86 bits per heavy atom. The molecule has 3 aromatic rings. The van der Waals surface area contributed by atoms with Gasteiger partial charge in [0, 0.05) is 12.3 Å². The molecule has 0 bridgehead atoms. The second-order valence-corrected chi connectivity index (χ2v) is 4.52. The summed E-state index contributed by atoms with van der Waals surface area (Å²) in [5.41, 5.74) is 0.0381. The number of aromatic nitrogens is 2. The first-order valence-electron chi connectivity index (χ1n) is 5.96. The van der Waals surface area contributed by atoms with E-state index in [1.807, 2.05) is 0 Å². The molecule has 0 spiro atoms. The summed E-state index contributed by atoms with van der Waals surface area (Å²) in [4.78, 5) is 31.6. The molecule has 7 heteroatoms. The first-order valence-corrected chi connectivity index (χ1v) is 6.34. The maximum Gasteiger partial charge on any atom is 0.293 e. The lowest BCUT2D eigenvalue weighted by molar-refractivity contribution is 0.0996. The number of halogens is 1. The zero-order chi connectivity index (χ0) is 14.8. The molecular formula is C14H8ClN3O3. The minimum atomic E-state index is -0.625. The van der Waals surface area contributed by atoms with E-state index in [1.165, 1.54) is 12.3 Å². The Balaban J connectivity index is 1.96. The highest BCUT2D eigenvalue weighted by molar-refractivity contribution is 6.29. The second kappa shape index (κ2) is 5.34. The van der Waals surface area contributed by atoms with Crippen LogP contribution in [0.4, 0.5) is 5.95 Å². The van der Waals surface area contributed by atoms with Crippen molar-refractivity contribution in [2.75, 3.05) is 5.32 Å². The van der Waals surface area contributed by atoms with Crippen LogP contribution >= 0.6 is 11.6 Å². The van der Waals surface area contributed by atoms with Crippen molar-refractivity contribution in [1.29, 1.82) is 0 Å². The topological polar surface area (TPSA) is 85.1 Å². The van der Waals surface area contributed by atoms with Crippen LogP contribution in [0.3, 0.4) is 0 Å². The third kappa shape index (κ3) is 2.75. The first-order chi connectivity index (χ1) is 10.1. The van der Waals surface area contributed by atoms with Crippen molar-refractivity contribution >= 4 is 34.4 Å². The van der Waals surface area contributed by atoms with Crippen LogP contribution in [0.25, 0.3) is 11.0 Å². The maximum atomic E-state index is 12.1. The summed E-state index contributed by atoms with van der Waals surface area (Å²) in [6.07, 6.45) is 1.40. The number of hydrogen-bond acceptors (Lipinski definition) is 5. The molecule has 21 heavy (non-hydrogen) atoms. The van der Waals surface area contributed by atoms with Crippen molar-refractivity contribution in [3.05, 3.63) is 63.7 Å². The van der Waals surface area contributed by atoms with E-state index in [4.69, 9.17) is 16.0 Å². The van der Waals surface area contributed by atoms with Gasteiger partial charge in [-0.25, -0.2) is 9.97 Å². The third-order valence-corrected chi connectivity index (χ3v) is 2.92. The highest BCUT2D eigenvalue weighted by atomic mass is 35.5. The Labute approximate surface area is 123 Å². The summed E-state index contributed by atoms with van der Waals surface area (Å²) in [5, 5.41) is 3.02. The van der Waals surface area contributed by atoms with Gasteiger partial charge in [-0.3, -0.25) is 14.9 Å². The maximum absolute atomic E-state index is 12.1. The van der Waals surface area contributed by atoms with Crippen LogP contribution in [0.15, 0.2) is 51.8 Å². The third-order valence-electron chi connectivity index (χ3n) is 2.71. The van der Waals surface area contributed by atoms with Gasteiger partial charge in [0.1, 0.15) is 10.7 Å². The fraction of sp³-hybridized carbons (Fsp3) is 0. The number of carbonyl (C=O) groups is 1. The minimum Gasteiger partial charge on any atom is -0.451 e. The van der Waals surface area contributed by atoms with Gasteiger partial charge in [0.2, 0.25) is 5.95 Å². The average Bonchev–Trinajstić information content (AvgIpc) is 2.47. The van der Waals surface area contributed by atoms with Crippen molar-refractivity contribution in [3.8, 4) is 0 Å². The van der Waals surface area contributed by atoms with Crippen molar-refractivity contribution < 1.29 is 9.21 Å². The zero-order valence-corrected chi connectivity index (χ0v) is 11.3. The first kappa shape index (κ1) is 13.3. The number of rotatable bonds is 2. The lowest BCUT2D eigenvalue weighted by Gasteiger charge is -2.04. The molecule has 6 nitrogen and oxygen atoms in total. The van der Waals surface area contributed by atoms with E-state index in [2.05, 4.69) is 15.3 Å². The van der Waals surface area contributed by atoms with Gasteiger partial charge in [-0.05, 0) is 18.2 Å². The van der Waals surface area contributed by atoms with Gasteiger partial charge in [-0.15, -0.1) is 0 Å². The number of anilines is 1. The van der Waals surface area contributed by atoms with Crippen LogP contribution < -0.4 is 10.7 Å². The van der Waals surface area contributed by atoms with Gasteiger partial charge in [-0.1, -0.05) is 23.7 Å². The summed E-state index contributed by atoms with van der Waals surface area (Å²) >= 11 is 5.70. The average molecular weight is 302 g/mol. The van der Waals surface area contributed by atoms with Gasteiger partial charge in [0.25, 0.3) is 5.91 Å². The fourth-order valence-electron chi connectivity index (χ4n) is 1.78. The Hall–Kier alpha value is -2.73. The molecule has 2 aromatic heterocycles. The van der Waals surface area contributed by atoms with E-state index < -0.39 is 5.91 Å². The number of nitrogens with zero attached hydrogens (tertiary/aromatic N) is 2. The standard InChI is InChI=1S/C14H8ClN3O3/c15-12-5-6-16-14(17-12)18-13(20)11-7-9(19)8-3-1-2-4-10(8)21-11/h1-7H,(H,16,17,18,20). The zero-order valence-electron chi connectivity index (χ0n) is 10.5. The number of hydrogen-bond donors (Lipinski definition) is 1. The Bertz CT molecular complexity index is 892. The van der Waals surface area contributed by atoms with Gasteiger partial charge in [-0.2, -0.15) is 0 Å². The normalized spacial score (nSPS) is 10.5. The monoisotopic (exact) mass is 301 g/mol. The van der Waals surface area contributed by atoms with Gasteiger partial charge < -0.3 is 4.42 Å². The molecule has 0 atom stereocenters. The van der Waals surface area contributed by atoms with E-state index in [1.54, 1.807) is 24.3 Å². The predicted molar refractivity (Wildman–Crippen MR) is 77.5 cm³/mol. The van der Waals surface area contributed by atoms with Gasteiger partial charge in [0.05, 0.1) is 5.39 Å². The molecule has 1 N–H and O–H groups in total. The number of fused-ring (bicyclic) bond motifs is 1. The largest absolute Gasteiger partial charge is 0.451 e. The van der Waals surface area contributed by atoms with E-state index in [0.717, 1.165) is 6.07 Å². The summed E-state index contributed by atoms with van der Waals surface area (Å²) in [5.74, 6) is -0.717. The van der Waals surface area contributed by atoms with E-state index in [0.29, 0.717) is 11.0 Å². The van der Waals surface area contributed by atoms with Crippen molar-refractivity contribution in [3.63, 3.8) is 0 Å². The smallest absolute Gasteiger partial charge is 0.293 e. The summed E-state index contributed by atoms with van der Waals surface area (Å²) < 4.78 is 5.41. The molecule has 0 saturated heterocycles. The highest BCUT2D eigenvalue weighted by Crippen LogP contribution is 2.13. The lowest BCUT2D eigenvalue weighted by atomic mass is 10.2. The van der Waals surface area contributed by atoms with Crippen molar-refractivity contribution in [1.82, 2.24) is 9.97 Å². The molecule has 3 rings (SSSR count). The molecule has 0 fully saturated rings. The van der Waals surface area contributed by atoms with Crippen LogP contribution in [0.5, 0.6) is 0 Å². The Morgan fingerprint density at radius 1 is 1.24 bits per heavy atom. The molecule has 1 amide bonds. The summed E-state index contributed by atoms with van der Waals surface area (Å²) in [6, 6.07) is 9.29. The van der Waals surface area contributed by atoms with Crippen LogP contribution in [-0.2, 0) is 0 Å².